The van der Waals surface area contributed by atoms with Crippen LogP contribution in [0.25, 0.3) is 55.8 Å². The molecule has 0 saturated heterocycles. The van der Waals surface area contributed by atoms with Crippen molar-refractivity contribution in [3.05, 3.63) is 78.5 Å². The van der Waals surface area contributed by atoms with Crippen LogP contribution in [0.4, 0.5) is 4.39 Å². The standard InChI is InChI=1S/C31H27FN6O/c1-18-11-20(13-22(32)12-18)25-9-10-34-30-28(25)35-31(36-30)29-26-15-19(7-8-27(26)37-38-29)21-14-24(17-33-16-21)39-23-5-3-2-4-6-23/h7-17,23H,2-6H2,1H3,(H,37,38)(H,34,35,36). The van der Waals surface area contributed by atoms with Crippen LogP contribution in [-0.4, -0.2) is 36.2 Å². The van der Waals surface area contributed by atoms with Crippen molar-refractivity contribution in [2.45, 2.75) is 45.1 Å². The minimum absolute atomic E-state index is 0.265. The van der Waals surface area contributed by atoms with Gasteiger partial charge in [0, 0.05) is 28.9 Å². The molecule has 6 aromatic rings. The molecule has 194 valence electrons. The van der Waals surface area contributed by atoms with Gasteiger partial charge in [0.15, 0.2) is 11.5 Å². The smallest absolute Gasteiger partial charge is 0.178 e. The lowest BCUT2D eigenvalue weighted by Crippen LogP contribution is -2.19. The molecule has 0 amide bonds. The first kappa shape index (κ1) is 23.5. The maximum Gasteiger partial charge on any atom is 0.178 e. The third-order valence-corrected chi connectivity index (χ3v) is 7.43. The summed E-state index contributed by atoms with van der Waals surface area (Å²) in [6, 6.07) is 15.1. The van der Waals surface area contributed by atoms with E-state index in [1.807, 2.05) is 31.3 Å². The average Bonchev–Trinajstić information content (AvgIpc) is 3.57. The first-order valence-electron chi connectivity index (χ1n) is 13.3. The minimum atomic E-state index is -0.275. The average molecular weight is 519 g/mol. The second-order valence-corrected chi connectivity index (χ2v) is 10.3. The molecule has 2 N–H and O–H groups in total. The van der Waals surface area contributed by atoms with E-state index in [4.69, 9.17) is 9.72 Å². The SMILES string of the molecule is Cc1cc(F)cc(-c2ccnc3nc(-c4n[nH]c5ccc(-c6cncc(OC7CCCCC7)c6)cc45)[nH]c23)c1. The van der Waals surface area contributed by atoms with E-state index in [-0.39, 0.29) is 11.9 Å². The van der Waals surface area contributed by atoms with Crippen LogP contribution < -0.4 is 4.74 Å². The first-order valence-corrected chi connectivity index (χ1v) is 13.3. The van der Waals surface area contributed by atoms with Crippen molar-refractivity contribution >= 4 is 22.1 Å². The second kappa shape index (κ2) is 9.62. The van der Waals surface area contributed by atoms with Gasteiger partial charge >= 0.3 is 0 Å². The van der Waals surface area contributed by atoms with Crippen LogP contribution in [0.1, 0.15) is 37.7 Å². The summed E-state index contributed by atoms with van der Waals surface area (Å²) in [6.07, 6.45) is 11.5. The molecule has 0 atom stereocenters. The summed E-state index contributed by atoms with van der Waals surface area (Å²) in [5.74, 6) is 1.12. The van der Waals surface area contributed by atoms with Crippen molar-refractivity contribution in [2.24, 2.45) is 0 Å². The Hall–Kier alpha value is -4.59. The maximum atomic E-state index is 14.2. The topological polar surface area (TPSA) is 92.4 Å². The van der Waals surface area contributed by atoms with E-state index < -0.39 is 0 Å². The molecular weight excluding hydrogens is 491 g/mol. The Kier molecular flexibility index (Phi) is 5.80. The number of aromatic nitrogens is 6. The van der Waals surface area contributed by atoms with Gasteiger partial charge in [-0.15, -0.1) is 0 Å². The predicted molar refractivity (Wildman–Crippen MR) is 150 cm³/mol. The zero-order valence-corrected chi connectivity index (χ0v) is 21.5. The summed E-state index contributed by atoms with van der Waals surface area (Å²) < 4.78 is 20.4. The molecule has 1 aliphatic rings. The highest BCUT2D eigenvalue weighted by Crippen LogP contribution is 2.34. The molecule has 8 heteroatoms. The molecule has 2 aromatic carbocycles. The van der Waals surface area contributed by atoms with Crippen molar-refractivity contribution in [2.75, 3.05) is 0 Å². The van der Waals surface area contributed by atoms with E-state index in [2.05, 4.69) is 43.3 Å². The van der Waals surface area contributed by atoms with Gasteiger partial charge in [-0.3, -0.25) is 10.1 Å². The number of H-pyrrole nitrogens is 2. The number of pyridine rings is 2. The molecule has 0 radical (unpaired) electrons. The highest BCUT2D eigenvalue weighted by atomic mass is 19.1. The van der Waals surface area contributed by atoms with E-state index in [0.717, 1.165) is 62.8 Å². The lowest BCUT2D eigenvalue weighted by molar-refractivity contribution is 0.154. The van der Waals surface area contributed by atoms with Crippen LogP contribution in [0, 0.1) is 12.7 Å². The maximum absolute atomic E-state index is 14.2. The normalized spacial score (nSPS) is 14.3. The van der Waals surface area contributed by atoms with Crippen molar-refractivity contribution in [1.29, 1.82) is 0 Å². The highest BCUT2D eigenvalue weighted by Gasteiger charge is 2.18. The van der Waals surface area contributed by atoms with Crippen LogP contribution in [0.2, 0.25) is 0 Å². The van der Waals surface area contributed by atoms with Crippen LogP contribution in [0.5, 0.6) is 5.75 Å². The number of halogens is 1. The number of aromatic amines is 2. The monoisotopic (exact) mass is 518 g/mol. The Morgan fingerprint density at radius 3 is 2.69 bits per heavy atom. The van der Waals surface area contributed by atoms with E-state index >= 15 is 0 Å². The van der Waals surface area contributed by atoms with Gasteiger partial charge in [-0.25, -0.2) is 14.4 Å². The van der Waals surface area contributed by atoms with Gasteiger partial charge in [0.2, 0.25) is 0 Å². The quantitative estimate of drug-likeness (QED) is 0.248. The molecule has 0 aliphatic heterocycles. The molecule has 1 saturated carbocycles. The van der Waals surface area contributed by atoms with Crippen LogP contribution in [0.3, 0.4) is 0 Å². The summed E-state index contributed by atoms with van der Waals surface area (Å²) in [7, 11) is 0. The Labute approximate surface area is 224 Å². The largest absolute Gasteiger partial charge is 0.489 e. The fraction of sp³-hybridized carbons (Fsp3) is 0.226. The fourth-order valence-corrected chi connectivity index (χ4v) is 5.55. The molecule has 7 rings (SSSR count). The Morgan fingerprint density at radius 1 is 0.923 bits per heavy atom. The lowest BCUT2D eigenvalue weighted by atomic mass is 9.98. The molecule has 39 heavy (non-hydrogen) atoms. The zero-order valence-electron chi connectivity index (χ0n) is 21.5. The van der Waals surface area contributed by atoms with Gasteiger partial charge < -0.3 is 9.72 Å². The van der Waals surface area contributed by atoms with Gasteiger partial charge in [-0.2, -0.15) is 5.10 Å². The summed E-state index contributed by atoms with van der Waals surface area (Å²) >= 11 is 0. The third kappa shape index (κ3) is 4.52. The highest BCUT2D eigenvalue weighted by molar-refractivity contribution is 5.97. The number of fused-ring (bicyclic) bond motifs is 2. The number of ether oxygens (including phenoxy) is 1. The Morgan fingerprint density at radius 2 is 1.82 bits per heavy atom. The van der Waals surface area contributed by atoms with E-state index in [0.29, 0.717) is 17.2 Å². The summed E-state index contributed by atoms with van der Waals surface area (Å²) in [5.41, 5.74) is 7.32. The van der Waals surface area contributed by atoms with Gasteiger partial charge in [-0.05, 0) is 85.7 Å². The number of nitrogens with one attached hydrogen (secondary N) is 2. The molecule has 1 fully saturated rings. The van der Waals surface area contributed by atoms with Gasteiger partial charge in [-0.1, -0.05) is 18.6 Å². The fourth-order valence-electron chi connectivity index (χ4n) is 5.55. The number of hydrogen-bond acceptors (Lipinski definition) is 5. The molecule has 4 aromatic heterocycles. The first-order chi connectivity index (χ1) is 19.1. The van der Waals surface area contributed by atoms with Crippen molar-refractivity contribution in [3.63, 3.8) is 0 Å². The van der Waals surface area contributed by atoms with Crippen molar-refractivity contribution in [1.82, 2.24) is 30.1 Å². The van der Waals surface area contributed by atoms with Crippen molar-refractivity contribution in [3.8, 4) is 39.5 Å². The Balaban J connectivity index is 1.26. The van der Waals surface area contributed by atoms with Gasteiger partial charge in [0.1, 0.15) is 17.3 Å². The predicted octanol–water partition coefficient (Wildman–Crippen LogP) is 7.39. The number of imidazole rings is 1. The van der Waals surface area contributed by atoms with Gasteiger partial charge in [0.25, 0.3) is 0 Å². The molecule has 0 spiro atoms. The van der Waals surface area contributed by atoms with Crippen LogP contribution >= 0.6 is 0 Å². The zero-order chi connectivity index (χ0) is 26.3. The molecule has 0 bridgehead atoms. The number of rotatable bonds is 5. The summed E-state index contributed by atoms with van der Waals surface area (Å²) in [4.78, 5) is 17.0. The summed E-state index contributed by atoms with van der Waals surface area (Å²) in [6.45, 7) is 1.88. The number of hydrogen-bond donors (Lipinski definition) is 2. The molecule has 4 heterocycles. The van der Waals surface area contributed by atoms with E-state index in [9.17, 15) is 4.39 Å². The van der Waals surface area contributed by atoms with Crippen molar-refractivity contribution < 1.29 is 9.13 Å². The van der Waals surface area contributed by atoms with Crippen LogP contribution in [0.15, 0.2) is 67.1 Å². The molecule has 7 nitrogen and oxygen atoms in total. The second-order valence-electron chi connectivity index (χ2n) is 10.3. The number of aryl methyl sites for hydroxylation is 1. The lowest BCUT2D eigenvalue weighted by Gasteiger charge is -2.23. The third-order valence-electron chi connectivity index (χ3n) is 7.43. The molecule has 0 unspecified atom stereocenters. The van der Waals surface area contributed by atoms with E-state index in [1.165, 1.54) is 31.4 Å². The van der Waals surface area contributed by atoms with E-state index in [1.54, 1.807) is 12.4 Å². The number of nitrogens with zero attached hydrogens (tertiary/aromatic N) is 4. The van der Waals surface area contributed by atoms with Gasteiger partial charge in [0.05, 0.1) is 23.3 Å². The molecule has 1 aliphatic carbocycles. The minimum Gasteiger partial charge on any atom is -0.489 e. The molecular formula is C31H27FN6O. The Bertz CT molecular complexity index is 1800. The van der Waals surface area contributed by atoms with Crippen LogP contribution in [-0.2, 0) is 0 Å². The number of benzene rings is 2. The summed E-state index contributed by atoms with van der Waals surface area (Å²) in [5, 5.41) is 8.61.